The molecule has 0 aromatic carbocycles. The smallest absolute Gasteiger partial charge is 0.151 e. The van der Waals surface area contributed by atoms with Crippen LogP contribution in [0, 0.1) is 5.41 Å². The van der Waals surface area contributed by atoms with Gasteiger partial charge in [-0.05, 0) is 19.5 Å². The Bertz CT molecular complexity index is 117. The molecule has 0 aliphatic carbocycles. The fourth-order valence-electron chi connectivity index (χ4n) is 0.585. The van der Waals surface area contributed by atoms with Crippen molar-refractivity contribution in [3.05, 3.63) is 0 Å². The van der Waals surface area contributed by atoms with E-state index >= 15 is 0 Å². The van der Waals surface area contributed by atoms with Gasteiger partial charge in [0.15, 0.2) is 5.17 Å². The van der Waals surface area contributed by atoms with E-state index in [4.69, 9.17) is 16.9 Å². The van der Waals surface area contributed by atoms with E-state index in [0.29, 0.717) is 0 Å². The molecule has 0 radical (unpaired) electrons. The molecule has 0 fully saturated rings. The zero-order valence-corrected chi connectivity index (χ0v) is 8.91. The summed E-state index contributed by atoms with van der Waals surface area (Å²) in [5.41, 5.74) is 10.4. The van der Waals surface area contributed by atoms with Crippen LogP contribution in [0.5, 0.6) is 0 Å². The minimum Gasteiger partial charge on any atom is -0.412 e. The molecule has 0 spiro atoms. The SMILES string of the molecule is N=C(N)SCCNCCCN.O.O.O. The Balaban J connectivity index is -0.000000167. The molecule has 8 heteroatoms. The van der Waals surface area contributed by atoms with Crippen LogP contribution in [0.3, 0.4) is 0 Å². The summed E-state index contributed by atoms with van der Waals surface area (Å²) in [6, 6.07) is 0. The number of rotatable bonds is 6. The first-order valence-electron chi connectivity index (χ1n) is 3.65. The van der Waals surface area contributed by atoms with Gasteiger partial charge in [0.1, 0.15) is 0 Å². The molecular weight excluding hydrogens is 208 g/mol. The van der Waals surface area contributed by atoms with E-state index in [2.05, 4.69) is 5.32 Å². The van der Waals surface area contributed by atoms with E-state index in [-0.39, 0.29) is 21.6 Å². The Labute approximate surface area is 88.0 Å². The van der Waals surface area contributed by atoms with Crippen LogP contribution in [-0.4, -0.2) is 47.0 Å². The standard InChI is InChI=1S/C6H16N4S.3H2O/c7-2-1-3-10-4-5-11-6(8)9;;;/h10H,1-5,7H2,(H3,8,9);3*1H2. The molecule has 14 heavy (non-hydrogen) atoms. The van der Waals surface area contributed by atoms with Gasteiger partial charge in [0.25, 0.3) is 0 Å². The quantitative estimate of drug-likeness (QED) is 0.216. The lowest BCUT2D eigenvalue weighted by Gasteiger charge is -2.01. The summed E-state index contributed by atoms with van der Waals surface area (Å²) in [5.74, 6) is 0.861. The highest BCUT2D eigenvalue weighted by Crippen LogP contribution is 1.94. The Hall–Kier alpha value is -0.380. The number of nitrogens with two attached hydrogens (primary N) is 2. The molecule has 0 amide bonds. The maximum Gasteiger partial charge on any atom is 0.151 e. The van der Waals surface area contributed by atoms with Gasteiger partial charge in [-0.15, -0.1) is 0 Å². The highest BCUT2D eigenvalue weighted by Gasteiger charge is 1.89. The Morgan fingerprint density at radius 3 is 2.21 bits per heavy atom. The van der Waals surface area contributed by atoms with E-state index in [9.17, 15) is 0 Å². The van der Waals surface area contributed by atoms with Crippen molar-refractivity contribution < 1.29 is 16.4 Å². The van der Waals surface area contributed by atoms with Crippen molar-refractivity contribution in [2.24, 2.45) is 11.5 Å². The van der Waals surface area contributed by atoms with E-state index in [1.165, 1.54) is 11.8 Å². The predicted octanol–water partition coefficient (Wildman–Crippen LogP) is -2.92. The van der Waals surface area contributed by atoms with Gasteiger partial charge in [-0.2, -0.15) is 0 Å². The Morgan fingerprint density at radius 2 is 1.79 bits per heavy atom. The highest BCUT2D eigenvalue weighted by atomic mass is 32.2. The molecular formula is C6H22N4O3S. The summed E-state index contributed by atoms with van der Waals surface area (Å²) in [6.45, 7) is 2.58. The topological polar surface area (TPSA) is 182 Å². The summed E-state index contributed by atoms with van der Waals surface area (Å²) >= 11 is 1.36. The van der Waals surface area contributed by atoms with Gasteiger partial charge in [-0.3, -0.25) is 5.41 Å². The third-order valence-corrected chi connectivity index (χ3v) is 1.81. The van der Waals surface area contributed by atoms with Crippen molar-refractivity contribution in [1.29, 1.82) is 5.41 Å². The van der Waals surface area contributed by atoms with Crippen molar-refractivity contribution in [2.75, 3.05) is 25.4 Å². The first-order valence-corrected chi connectivity index (χ1v) is 4.63. The first-order chi connectivity index (χ1) is 5.27. The predicted molar refractivity (Wildman–Crippen MR) is 61.8 cm³/mol. The summed E-state index contributed by atoms with van der Waals surface area (Å²) in [6.07, 6.45) is 1.00. The van der Waals surface area contributed by atoms with Crippen LogP contribution >= 0.6 is 11.8 Å². The molecule has 0 saturated carbocycles. The molecule has 0 atom stereocenters. The summed E-state index contributed by atoms with van der Waals surface area (Å²) < 4.78 is 0. The lowest BCUT2D eigenvalue weighted by Crippen LogP contribution is -2.21. The summed E-state index contributed by atoms with van der Waals surface area (Å²) in [7, 11) is 0. The third-order valence-electron chi connectivity index (χ3n) is 1.09. The van der Waals surface area contributed by atoms with Crippen molar-refractivity contribution in [1.82, 2.24) is 5.32 Å². The molecule has 0 heterocycles. The number of nitrogens with one attached hydrogen (secondary N) is 2. The lowest BCUT2D eigenvalue weighted by molar-refractivity contribution is 0.683. The van der Waals surface area contributed by atoms with Gasteiger partial charge in [0, 0.05) is 12.3 Å². The van der Waals surface area contributed by atoms with Gasteiger partial charge in [0.2, 0.25) is 0 Å². The molecule has 0 aliphatic rings. The summed E-state index contributed by atoms with van der Waals surface area (Å²) in [4.78, 5) is 0. The lowest BCUT2D eigenvalue weighted by atomic mass is 10.4. The second-order valence-electron chi connectivity index (χ2n) is 2.10. The van der Waals surface area contributed by atoms with Crippen LogP contribution in [0.25, 0.3) is 0 Å². The average molecular weight is 230 g/mol. The van der Waals surface area contributed by atoms with Gasteiger partial charge in [0.05, 0.1) is 0 Å². The summed E-state index contributed by atoms with van der Waals surface area (Å²) in [5, 5.41) is 10.3. The van der Waals surface area contributed by atoms with Crippen molar-refractivity contribution >= 4 is 16.9 Å². The monoisotopic (exact) mass is 230 g/mol. The van der Waals surface area contributed by atoms with Crippen molar-refractivity contribution in [3.63, 3.8) is 0 Å². The third kappa shape index (κ3) is 22.6. The number of thioether (sulfide) groups is 1. The molecule has 0 saturated heterocycles. The number of hydrogen-bond acceptors (Lipinski definition) is 4. The molecule has 0 unspecified atom stereocenters. The molecule has 90 valence electrons. The molecule has 0 aromatic heterocycles. The van der Waals surface area contributed by atoms with Crippen LogP contribution < -0.4 is 16.8 Å². The van der Waals surface area contributed by atoms with Crippen molar-refractivity contribution in [3.8, 4) is 0 Å². The fourth-order valence-corrected chi connectivity index (χ4v) is 1.05. The first kappa shape index (κ1) is 23.4. The molecule has 0 rings (SSSR count). The van der Waals surface area contributed by atoms with Crippen LogP contribution in [0.2, 0.25) is 0 Å². The Morgan fingerprint density at radius 1 is 1.21 bits per heavy atom. The molecule has 0 aliphatic heterocycles. The highest BCUT2D eigenvalue weighted by molar-refractivity contribution is 8.13. The van der Waals surface area contributed by atoms with Gasteiger partial charge < -0.3 is 33.2 Å². The second kappa shape index (κ2) is 18.4. The molecule has 0 bridgehead atoms. The fraction of sp³-hybridized carbons (Fsp3) is 0.833. The van der Waals surface area contributed by atoms with E-state index in [1.54, 1.807) is 0 Å². The van der Waals surface area contributed by atoms with Crippen LogP contribution in [0.4, 0.5) is 0 Å². The maximum atomic E-state index is 6.90. The number of amidine groups is 1. The van der Waals surface area contributed by atoms with Gasteiger partial charge in [-0.25, -0.2) is 0 Å². The zero-order chi connectivity index (χ0) is 8.53. The molecule has 12 N–H and O–H groups in total. The Kier molecular flexibility index (Phi) is 30.8. The minimum atomic E-state index is 0. The minimum absolute atomic E-state index is 0. The van der Waals surface area contributed by atoms with E-state index in [1.807, 2.05) is 0 Å². The zero-order valence-electron chi connectivity index (χ0n) is 8.10. The normalized spacial score (nSPS) is 7.79. The largest absolute Gasteiger partial charge is 0.412 e. The van der Waals surface area contributed by atoms with Gasteiger partial charge in [-0.1, -0.05) is 11.8 Å². The average Bonchev–Trinajstić information content (AvgIpc) is 1.96. The van der Waals surface area contributed by atoms with Crippen LogP contribution in [-0.2, 0) is 0 Å². The molecule has 7 nitrogen and oxygen atoms in total. The van der Waals surface area contributed by atoms with Gasteiger partial charge >= 0.3 is 0 Å². The van der Waals surface area contributed by atoms with Crippen LogP contribution in [0.15, 0.2) is 0 Å². The van der Waals surface area contributed by atoms with E-state index < -0.39 is 0 Å². The van der Waals surface area contributed by atoms with Crippen LogP contribution in [0.1, 0.15) is 6.42 Å². The van der Waals surface area contributed by atoms with E-state index in [0.717, 1.165) is 31.8 Å². The number of hydrogen-bond donors (Lipinski definition) is 4. The maximum absolute atomic E-state index is 6.90. The van der Waals surface area contributed by atoms with Crippen molar-refractivity contribution in [2.45, 2.75) is 6.42 Å². The molecule has 0 aromatic rings. The second-order valence-corrected chi connectivity index (χ2v) is 3.24.